The van der Waals surface area contributed by atoms with Gasteiger partial charge in [-0.15, -0.1) is 0 Å². The Labute approximate surface area is 382 Å². The number of ether oxygens (including phenoxy) is 5. The molecule has 0 aromatic heterocycles. The number of esters is 2. The smallest absolute Gasteiger partial charge is 0.336 e. The molecule has 0 spiro atoms. The number of nitrogens with zero attached hydrogens (tertiary/aromatic N) is 4. The summed E-state index contributed by atoms with van der Waals surface area (Å²) >= 11 is 0. The molecule has 0 radical (unpaired) electrons. The van der Waals surface area contributed by atoms with Gasteiger partial charge in [0.1, 0.15) is 63.2 Å². The highest BCUT2D eigenvalue weighted by atomic mass is 16.5. The standard InChI is InChI=1S/C50H53N5O11/c1-31-8-16-40-44(24-31)64-22-23-65-45-26-33(10-17-41(45)55(30-47(57)62-7)19-21-63-20-18-54(40)29-46(56)61-6)51-49(58)32-9-13-36(39(25-32)50(59)60)48-37-14-11-34(52(2)3)27-42(37)66-43-28-35(53(4)5)12-15-38(43)48/h8-17,24-28H,18-23,29-30H2,1-7H3,(H-,51,58,59,60)/p+1. The summed E-state index contributed by atoms with van der Waals surface area (Å²) in [6.45, 7) is 3.01. The van der Waals surface area contributed by atoms with Crippen molar-refractivity contribution in [3.63, 3.8) is 0 Å². The number of nitrogens with one attached hydrogen (secondary N) is 1. The number of methoxy groups -OCH3 is 2. The van der Waals surface area contributed by atoms with E-state index >= 15 is 0 Å². The number of fused-ring (bicyclic) bond motifs is 4. The third-order valence-electron chi connectivity index (χ3n) is 11.2. The van der Waals surface area contributed by atoms with E-state index in [4.69, 9.17) is 28.1 Å². The quantitative estimate of drug-likeness (QED) is 0.0982. The van der Waals surface area contributed by atoms with E-state index in [0.717, 1.165) is 16.6 Å². The van der Waals surface area contributed by atoms with E-state index in [1.807, 2.05) is 104 Å². The van der Waals surface area contributed by atoms with Crippen LogP contribution in [0, 0.1) is 6.92 Å². The van der Waals surface area contributed by atoms with Gasteiger partial charge in [-0.25, -0.2) is 9.37 Å². The third-order valence-corrected chi connectivity index (χ3v) is 11.2. The summed E-state index contributed by atoms with van der Waals surface area (Å²) in [6, 6.07) is 26.9. The van der Waals surface area contributed by atoms with Crippen molar-refractivity contribution in [2.24, 2.45) is 0 Å². The number of rotatable bonds is 9. The topological polar surface area (TPSA) is 173 Å². The lowest BCUT2D eigenvalue weighted by molar-refractivity contribution is -0.139. The normalized spacial score (nSPS) is 13.3. The molecule has 2 N–H and O–H groups in total. The number of hydrogen-bond acceptors (Lipinski definition) is 13. The first-order chi connectivity index (χ1) is 31.7. The van der Waals surface area contributed by atoms with Gasteiger partial charge in [0.25, 0.3) is 5.91 Å². The van der Waals surface area contributed by atoms with Gasteiger partial charge in [0.15, 0.2) is 0 Å². The van der Waals surface area contributed by atoms with Crippen LogP contribution in [0.4, 0.5) is 22.7 Å². The van der Waals surface area contributed by atoms with Crippen molar-refractivity contribution in [1.82, 2.24) is 4.58 Å². The van der Waals surface area contributed by atoms with E-state index < -0.39 is 23.8 Å². The van der Waals surface area contributed by atoms with Gasteiger partial charge < -0.3 is 53.2 Å². The Balaban J connectivity index is 1.21. The number of benzene rings is 5. The predicted molar refractivity (Wildman–Crippen MR) is 253 cm³/mol. The van der Waals surface area contributed by atoms with Crippen molar-refractivity contribution in [1.29, 1.82) is 0 Å². The number of anilines is 4. The molecule has 3 aliphatic rings. The lowest BCUT2D eigenvalue weighted by Crippen LogP contribution is -2.36. The molecule has 1 amide bonds. The molecule has 16 nitrogen and oxygen atoms in total. The number of hydrogen-bond donors (Lipinski definition) is 2. The maximum Gasteiger partial charge on any atom is 0.336 e. The van der Waals surface area contributed by atoms with Crippen molar-refractivity contribution in [2.45, 2.75) is 6.92 Å². The number of carbonyl (C=O) groups excluding carboxylic acids is 3. The monoisotopic (exact) mass is 900 g/mol. The van der Waals surface area contributed by atoms with Gasteiger partial charge in [-0.05, 0) is 72.6 Å². The minimum absolute atomic E-state index is 0.0279. The summed E-state index contributed by atoms with van der Waals surface area (Å²) in [4.78, 5) is 57.8. The van der Waals surface area contributed by atoms with Gasteiger partial charge in [-0.3, -0.25) is 14.4 Å². The van der Waals surface area contributed by atoms with Crippen molar-refractivity contribution in [3.05, 3.63) is 113 Å². The van der Waals surface area contributed by atoms with Crippen LogP contribution in [0.2, 0.25) is 0 Å². The zero-order valence-corrected chi connectivity index (χ0v) is 38.1. The van der Waals surface area contributed by atoms with Crippen molar-refractivity contribution >= 4 is 57.5 Å². The Bertz CT molecular complexity index is 2830. The molecule has 4 aromatic carbocycles. The highest BCUT2D eigenvalue weighted by Gasteiger charge is 2.25. The number of carbonyl (C=O) groups is 4. The Morgan fingerprint density at radius 3 is 2.00 bits per heavy atom. The largest absolute Gasteiger partial charge is 0.488 e. The maximum absolute atomic E-state index is 14.0. The first-order valence-corrected chi connectivity index (χ1v) is 21.3. The van der Waals surface area contributed by atoms with Gasteiger partial charge in [0.2, 0.25) is 5.36 Å². The van der Waals surface area contributed by atoms with Gasteiger partial charge in [0.05, 0.1) is 50.4 Å². The second-order valence-electron chi connectivity index (χ2n) is 16.1. The van der Waals surface area contributed by atoms with Crippen LogP contribution < -0.4 is 39.4 Å². The molecule has 0 fully saturated rings. The number of aromatic carboxylic acids is 1. The van der Waals surface area contributed by atoms with E-state index in [2.05, 4.69) is 5.32 Å². The summed E-state index contributed by atoms with van der Waals surface area (Å²) in [6.07, 6.45) is 0. The Hall–Kier alpha value is -7.59. The molecule has 0 saturated carbocycles. The van der Waals surface area contributed by atoms with Crippen molar-refractivity contribution < 1.29 is 52.4 Å². The van der Waals surface area contributed by atoms with Crippen LogP contribution in [-0.2, 0) is 23.8 Å². The maximum atomic E-state index is 14.0. The molecule has 66 heavy (non-hydrogen) atoms. The van der Waals surface area contributed by atoms with E-state index in [1.165, 1.54) is 20.3 Å². The molecule has 4 aromatic rings. The predicted octanol–water partition coefficient (Wildman–Crippen LogP) is 6.01. The average molecular weight is 901 g/mol. The third kappa shape index (κ3) is 10.5. The van der Waals surface area contributed by atoms with Gasteiger partial charge in [-0.2, -0.15) is 0 Å². The Kier molecular flexibility index (Phi) is 14.4. The lowest BCUT2D eigenvalue weighted by Gasteiger charge is -2.27. The van der Waals surface area contributed by atoms with Gasteiger partial charge in [-0.1, -0.05) is 12.1 Å². The summed E-state index contributed by atoms with van der Waals surface area (Å²) in [5.74, 6) is -1.24. The fourth-order valence-corrected chi connectivity index (χ4v) is 7.73. The van der Waals surface area contributed by atoms with Crippen LogP contribution in [0.1, 0.15) is 26.3 Å². The highest BCUT2D eigenvalue weighted by Crippen LogP contribution is 2.42. The molecule has 344 valence electrons. The highest BCUT2D eigenvalue weighted by molar-refractivity contribution is 6.11. The summed E-state index contributed by atoms with van der Waals surface area (Å²) < 4.78 is 37.0. The zero-order valence-electron chi connectivity index (χ0n) is 38.1. The molecule has 2 aliphatic heterocycles. The van der Waals surface area contributed by atoms with Crippen LogP contribution in [0.5, 0.6) is 11.5 Å². The van der Waals surface area contributed by atoms with Crippen LogP contribution in [0.25, 0.3) is 33.4 Å². The number of carboxylic acid groups (broad SMARTS) is 1. The molecular weight excluding hydrogens is 847 g/mol. The van der Waals surface area contributed by atoms with Crippen LogP contribution in [0.15, 0.2) is 95.4 Å². The molecular formula is C50H54N5O11+. The molecule has 16 heteroatoms. The van der Waals surface area contributed by atoms with Crippen LogP contribution in [0.3, 0.4) is 0 Å². The van der Waals surface area contributed by atoms with Crippen molar-refractivity contribution in [3.8, 4) is 33.9 Å². The van der Waals surface area contributed by atoms with E-state index in [0.29, 0.717) is 68.5 Å². The SMILES string of the molecule is COC(=O)CN1CCOCCN(CC(=O)OC)c2ccc(NC(=O)c3ccc(-c4c5ccc(=[N+](C)C)cc-5oc5cc(N(C)C)ccc45)c(C(=O)O)c3)cc2OCCOc2cc(C)ccc21. The summed E-state index contributed by atoms with van der Waals surface area (Å²) in [7, 11) is 10.4. The number of carboxylic acids is 1. The van der Waals surface area contributed by atoms with Gasteiger partial charge >= 0.3 is 17.9 Å². The van der Waals surface area contributed by atoms with Crippen LogP contribution >= 0.6 is 0 Å². The van der Waals surface area contributed by atoms with E-state index in [1.54, 1.807) is 35.2 Å². The molecule has 0 saturated heterocycles. The fraction of sp³-hybridized carbons (Fsp3) is 0.300. The van der Waals surface area contributed by atoms with Gasteiger partial charge in [0, 0.05) is 78.8 Å². The first-order valence-electron chi connectivity index (χ1n) is 21.3. The fourth-order valence-electron chi connectivity index (χ4n) is 7.73. The summed E-state index contributed by atoms with van der Waals surface area (Å²) in [5.41, 5.74) is 5.82. The molecule has 1 aliphatic carbocycles. The van der Waals surface area contributed by atoms with Crippen LogP contribution in [-0.4, -0.2) is 124 Å². The molecule has 2 heterocycles. The second kappa shape index (κ2) is 20.5. The number of amides is 1. The first kappa shape index (κ1) is 46.4. The molecule has 0 atom stereocenters. The van der Waals surface area contributed by atoms with E-state index in [9.17, 15) is 24.3 Å². The zero-order chi connectivity index (χ0) is 47.1. The minimum Gasteiger partial charge on any atom is -0.488 e. The lowest BCUT2D eigenvalue weighted by atomic mass is 9.89. The van der Waals surface area contributed by atoms with Crippen molar-refractivity contribution in [2.75, 3.05) is 115 Å². The average Bonchev–Trinajstić information content (AvgIpc) is 3.30. The Morgan fingerprint density at radius 2 is 1.38 bits per heavy atom. The molecule has 7 rings (SSSR count). The molecule has 0 bridgehead atoms. The van der Waals surface area contributed by atoms with E-state index in [-0.39, 0.29) is 57.2 Å². The second-order valence-corrected chi connectivity index (χ2v) is 16.1. The molecule has 0 unspecified atom stereocenters. The Morgan fingerprint density at radius 1 is 0.742 bits per heavy atom. The minimum atomic E-state index is -1.21. The summed E-state index contributed by atoms with van der Waals surface area (Å²) in [5, 5.41) is 15.2. The number of aryl methyl sites for hydroxylation is 1.